The third-order valence-electron chi connectivity index (χ3n) is 3.78. The second-order valence-corrected chi connectivity index (χ2v) is 5.30. The van der Waals surface area contributed by atoms with E-state index in [1.165, 1.54) is 6.07 Å². The number of carbonyl (C=O) groups excluding carboxylic acids is 1. The summed E-state index contributed by atoms with van der Waals surface area (Å²) in [5.74, 6) is 0.0724. The van der Waals surface area contributed by atoms with Crippen molar-refractivity contribution in [3.63, 3.8) is 0 Å². The summed E-state index contributed by atoms with van der Waals surface area (Å²) in [6.45, 7) is 5.49. The molecule has 0 atom stereocenters. The van der Waals surface area contributed by atoms with E-state index >= 15 is 0 Å². The van der Waals surface area contributed by atoms with Crippen LogP contribution in [0.1, 0.15) is 35.8 Å². The van der Waals surface area contributed by atoms with E-state index in [9.17, 15) is 9.59 Å². The molecule has 0 unspecified atom stereocenters. The molecule has 3 heterocycles. The van der Waals surface area contributed by atoms with Crippen molar-refractivity contribution in [3.05, 3.63) is 27.7 Å². The lowest BCUT2D eigenvalue weighted by Crippen LogP contribution is -2.24. The van der Waals surface area contributed by atoms with Gasteiger partial charge in [-0.15, -0.1) is 0 Å². The normalized spacial score (nSPS) is 14.5. The zero-order chi connectivity index (χ0) is 15.7. The van der Waals surface area contributed by atoms with E-state index in [0.29, 0.717) is 28.2 Å². The number of fused-ring (bicyclic) bond motifs is 1. The molecule has 0 aromatic carbocycles. The van der Waals surface area contributed by atoms with Crippen molar-refractivity contribution >= 4 is 23.0 Å². The molecule has 3 rings (SSSR count). The standard InChI is InChI=1S/C15H18N4O3/c1-3-22-14(21)10-8-11-12(16-9(10)2)17-15(18-13(11)20)19-6-4-5-7-19/h8H,3-7H2,1-2H3,(H,16,17,18,20). The first kappa shape index (κ1) is 14.5. The van der Waals surface area contributed by atoms with Crippen molar-refractivity contribution in [2.24, 2.45) is 0 Å². The fraction of sp³-hybridized carbons (Fsp3) is 0.467. The largest absolute Gasteiger partial charge is 0.462 e. The van der Waals surface area contributed by atoms with Crippen LogP contribution in [0.15, 0.2) is 10.9 Å². The Balaban J connectivity index is 2.10. The molecule has 2 aromatic rings. The number of carbonyl (C=O) groups is 1. The number of rotatable bonds is 3. The molecular formula is C15H18N4O3. The van der Waals surface area contributed by atoms with Crippen molar-refractivity contribution in [2.45, 2.75) is 26.7 Å². The summed E-state index contributed by atoms with van der Waals surface area (Å²) in [5, 5.41) is 0.302. The van der Waals surface area contributed by atoms with Gasteiger partial charge in [-0.1, -0.05) is 0 Å². The summed E-state index contributed by atoms with van der Waals surface area (Å²) in [5.41, 5.74) is 0.883. The van der Waals surface area contributed by atoms with Crippen molar-refractivity contribution in [2.75, 3.05) is 24.6 Å². The molecule has 1 saturated heterocycles. The Labute approximate surface area is 127 Å². The fourth-order valence-corrected chi connectivity index (χ4v) is 2.64. The molecular weight excluding hydrogens is 284 g/mol. The number of anilines is 1. The highest BCUT2D eigenvalue weighted by molar-refractivity contribution is 5.94. The van der Waals surface area contributed by atoms with Gasteiger partial charge < -0.3 is 9.64 Å². The third kappa shape index (κ3) is 2.54. The van der Waals surface area contributed by atoms with E-state index in [1.54, 1.807) is 13.8 Å². The molecule has 1 fully saturated rings. The zero-order valence-electron chi connectivity index (χ0n) is 12.7. The molecule has 0 aliphatic carbocycles. The number of aryl methyl sites for hydroxylation is 1. The van der Waals surface area contributed by atoms with Crippen LogP contribution in [0.2, 0.25) is 0 Å². The van der Waals surface area contributed by atoms with Crippen LogP contribution in [0.5, 0.6) is 0 Å². The first-order chi connectivity index (χ1) is 10.6. The lowest BCUT2D eigenvalue weighted by Gasteiger charge is -2.15. The molecule has 116 valence electrons. The van der Waals surface area contributed by atoms with Crippen LogP contribution in [0.4, 0.5) is 5.95 Å². The second kappa shape index (κ2) is 5.75. The fourth-order valence-electron chi connectivity index (χ4n) is 2.64. The van der Waals surface area contributed by atoms with Crippen LogP contribution in [-0.4, -0.2) is 40.6 Å². The summed E-state index contributed by atoms with van der Waals surface area (Å²) in [4.78, 5) is 37.7. The number of ether oxygens (including phenoxy) is 1. The van der Waals surface area contributed by atoms with E-state index in [4.69, 9.17) is 4.74 Å². The molecule has 2 aromatic heterocycles. The average Bonchev–Trinajstić information content (AvgIpc) is 3.00. The topological polar surface area (TPSA) is 88.2 Å². The van der Waals surface area contributed by atoms with Crippen LogP contribution in [0, 0.1) is 6.92 Å². The van der Waals surface area contributed by atoms with E-state index in [0.717, 1.165) is 25.9 Å². The number of nitrogens with zero attached hydrogens (tertiary/aromatic N) is 3. The number of hydrogen-bond acceptors (Lipinski definition) is 6. The van der Waals surface area contributed by atoms with Gasteiger partial charge in [0.15, 0.2) is 5.65 Å². The highest BCUT2D eigenvalue weighted by Crippen LogP contribution is 2.18. The number of aromatic amines is 1. The Morgan fingerprint density at radius 1 is 1.36 bits per heavy atom. The number of esters is 1. The molecule has 22 heavy (non-hydrogen) atoms. The predicted molar refractivity (Wildman–Crippen MR) is 82.3 cm³/mol. The minimum Gasteiger partial charge on any atom is -0.462 e. The second-order valence-electron chi connectivity index (χ2n) is 5.30. The first-order valence-corrected chi connectivity index (χ1v) is 7.44. The van der Waals surface area contributed by atoms with Crippen LogP contribution < -0.4 is 10.5 Å². The third-order valence-corrected chi connectivity index (χ3v) is 3.78. The SMILES string of the molecule is CCOC(=O)c1cc2c(=O)[nH]c(N3CCCC3)nc2nc1C. The Morgan fingerprint density at radius 3 is 2.77 bits per heavy atom. The van der Waals surface area contributed by atoms with Crippen molar-refractivity contribution in [1.82, 2.24) is 15.0 Å². The molecule has 0 spiro atoms. The Morgan fingerprint density at radius 2 is 2.09 bits per heavy atom. The molecule has 1 aliphatic heterocycles. The van der Waals surface area contributed by atoms with Gasteiger partial charge in [-0.3, -0.25) is 9.78 Å². The summed E-state index contributed by atoms with van der Waals surface area (Å²) in [6.07, 6.45) is 2.19. The quantitative estimate of drug-likeness (QED) is 0.862. The van der Waals surface area contributed by atoms with Crippen LogP contribution >= 0.6 is 0 Å². The maximum Gasteiger partial charge on any atom is 0.339 e. The summed E-state index contributed by atoms with van der Waals surface area (Å²) in [6, 6.07) is 1.51. The highest BCUT2D eigenvalue weighted by Gasteiger charge is 2.18. The minimum atomic E-state index is -0.475. The smallest absolute Gasteiger partial charge is 0.339 e. The molecule has 0 saturated carbocycles. The first-order valence-electron chi connectivity index (χ1n) is 7.44. The van der Waals surface area contributed by atoms with E-state index in [-0.39, 0.29) is 12.2 Å². The Hall–Kier alpha value is -2.44. The van der Waals surface area contributed by atoms with Gasteiger partial charge in [-0.25, -0.2) is 9.78 Å². The van der Waals surface area contributed by atoms with Gasteiger partial charge in [0.05, 0.1) is 23.3 Å². The van der Waals surface area contributed by atoms with Gasteiger partial charge >= 0.3 is 5.97 Å². The van der Waals surface area contributed by atoms with E-state index < -0.39 is 5.97 Å². The van der Waals surface area contributed by atoms with Crippen molar-refractivity contribution in [3.8, 4) is 0 Å². The maximum absolute atomic E-state index is 12.3. The molecule has 0 bridgehead atoms. The molecule has 0 radical (unpaired) electrons. The summed E-state index contributed by atoms with van der Waals surface area (Å²) in [7, 11) is 0. The van der Waals surface area contributed by atoms with Crippen LogP contribution in [0.3, 0.4) is 0 Å². The minimum absolute atomic E-state index is 0.277. The summed E-state index contributed by atoms with van der Waals surface area (Å²) >= 11 is 0. The lowest BCUT2D eigenvalue weighted by molar-refractivity contribution is 0.0525. The molecule has 1 aliphatic rings. The average molecular weight is 302 g/mol. The van der Waals surface area contributed by atoms with Gasteiger partial charge in [0.25, 0.3) is 5.56 Å². The van der Waals surface area contributed by atoms with Gasteiger partial charge in [0.1, 0.15) is 0 Å². The van der Waals surface area contributed by atoms with Gasteiger partial charge in [-0.05, 0) is 32.8 Å². The van der Waals surface area contributed by atoms with Crippen LogP contribution in [0.25, 0.3) is 11.0 Å². The number of H-pyrrole nitrogens is 1. The highest BCUT2D eigenvalue weighted by atomic mass is 16.5. The van der Waals surface area contributed by atoms with Gasteiger partial charge in [-0.2, -0.15) is 4.98 Å². The number of nitrogens with one attached hydrogen (secondary N) is 1. The molecule has 7 nitrogen and oxygen atoms in total. The van der Waals surface area contributed by atoms with Crippen LogP contribution in [-0.2, 0) is 4.74 Å². The molecule has 0 amide bonds. The van der Waals surface area contributed by atoms with E-state index in [1.807, 2.05) is 4.90 Å². The van der Waals surface area contributed by atoms with Gasteiger partial charge in [0, 0.05) is 13.1 Å². The Bertz CT molecular complexity index is 778. The molecule has 1 N–H and O–H groups in total. The molecule has 7 heteroatoms. The number of hydrogen-bond donors (Lipinski definition) is 1. The number of pyridine rings is 1. The zero-order valence-corrected chi connectivity index (χ0v) is 12.7. The predicted octanol–water partition coefficient (Wildman–Crippen LogP) is 1.40. The maximum atomic E-state index is 12.3. The van der Waals surface area contributed by atoms with Crippen molar-refractivity contribution < 1.29 is 9.53 Å². The monoisotopic (exact) mass is 302 g/mol. The number of aromatic nitrogens is 3. The lowest BCUT2D eigenvalue weighted by atomic mass is 10.1. The van der Waals surface area contributed by atoms with E-state index in [2.05, 4.69) is 15.0 Å². The van der Waals surface area contributed by atoms with Gasteiger partial charge in [0.2, 0.25) is 5.95 Å². The van der Waals surface area contributed by atoms with Crippen molar-refractivity contribution in [1.29, 1.82) is 0 Å². The Kier molecular flexibility index (Phi) is 3.79. The summed E-state index contributed by atoms with van der Waals surface area (Å²) < 4.78 is 4.98.